The second kappa shape index (κ2) is 9.04. The lowest BCUT2D eigenvalue weighted by atomic mass is 10.1. The Labute approximate surface area is 189 Å². The number of anilines is 1. The van der Waals surface area contributed by atoms with Crippen molar-refractivity contribution >= 4 is 28.8 Å². The molecule has 2 amide bonds. The number of ether oxygens (including phenoxy) is 2. The van der Waals surface area contributed by atoms with Gasteiger partial charge in [-0.3, -0.25) is 14.3 Å². The summed E-state index contributed by atoms with van der Waals surface area (Å²) in [6.07, 6.45) is 7.64. The van der Waals surface area contributed by atoms with Crippen molar-refractivity contribution in [2.75, 3.05) is 18.5 Å². The molecule has 0 radical (unpaired) electrons. The smallest absolute Gasteiger partial charge is 0.265 e. The van der Waals surface area contributed by atoms with Gasteiger partial charge in [0.15, 0.2) is 11.5 Å². The van der Waals surface area contributed by atoms with Crippen molar-refractivity contribution in [2.45, 2.75) is 38.3 Å². The van der Waals surface area contributed by atoms with Gasteiger partial charge in [-0.15, -0.1) is 11.3 Å². The van der Waals surface area contributed by atoms with Gasteiger partial charge in [0.05, 0.1) is 16.8 Å². The lowest BCUT2D eigenvalue weighted by molar-refractivity contribution is -0.122. The number of nitrogens with zero attached hydrogens (tertiary/aromatic N) is 2. The molecule has 9 heteroatoms. The van der Waals surface area contributed by atoms with Gasteiger partial charge < -0.3 is 20.1 Å². The molecule has 1 saturated carbocycles. The van der Waals surface area contributed by atoms with E-state index in [0.29, 0.717) is 23.8 Å². The number of aromatic nitrogens is 2. The van der Waals surface area contributed by atoms with Gasteiger partial charge in [0.2, 0.25) is 5.91 Å². The molecule has 2 N–H and O–H groups in total. The SMILES string of the molecule is O=C(Cn1cc(NC(=O)c2ccc(-c3ccc4c(c3)OCCO4)s2)cn1)NC1CCCC1. The molecule has 3 aromatic rings. The standard InChI is InChI=1S/C23H24N4O4S/c28-22(25-16-3-1-2-4-16)14-27-13-17(12-24-27)26-23(29)21-8-7-20(32-21)15-5-6-18-19(11-15)31-10-9-30-18/h5-8,11-13,16H,1-4,9-10,14H2,(H,25,28)(H,26,29). The number of hydrogen-bond donors (Lipinski definition) is 2. The summed E-state index contributed by atoms with van der Waals surface area (Å²) in [5, 5.41) is 10.1. The van der Waals surface area contributed by atoms with E-state index in [2.05, 4.69) is 15.7 Å². The van der Waals surface area contributed by atoms with E-state index < -0.39 is 0 Å². The summed E-state index contributed by atoms with van der Waals surface area (Å²) in [5.41, 5.74) is 1.53. The molecule has 8 nitrogen and oxygen atoms in total. The third kappa shape index (κ3) is 4.62. The van der Waals surface area contributed by atoms with Crippen LogP contribution in [-0.2, 0) is 11.3 Å². The van der Waals surface area contributed by atoms with Crippen LogP contribution in [0, 0.1) is 0 Å². The molecule has 5 rings (SSSR count). The predicted octanol–water partition coefficient (Wildman–Crippen LogP) is 3.69. The van der Waals surface area contributed by atoms with Crippen LogP contribution < -0.4 is 20.1 Å². The minimum Gasteiger partial charge on any atom is -0.486 e. The molecular formula is C23H24N4O4S. The maximum Gasteiger partial charge on any atom is 0.265 e. The van der Waals surface area contributed by atoms with Gasteiger partial charge in [-0.25, -0.2) is 0 Å². The molecular weight excluding hydrogens is 428 g/mol. The van der Waals surface area contributed by atoms with Crippen molar-refractivity contribution in [1.82, 2.24) is 15.1 Å². The van der Waals surface area contributed by atoms with Gasteiger partial charge in [0, 0.05) is 17.1 Å². The molecule has 0 bridgehead atoms. The van der Waals surface area contributed by atoms with Crippen LogP contribution in [0.3, 0.4) is 0 Å². The summed E-state index contributed by atoms with van der Waals surface area (Å²) in [6.45, 7) is 1.22. The van der Waals surface area contributed by atoms with Crippen LogP contribution >= 0.6 is 11.3 Å². The van der Waals surface area contributed by atoms with E-state index in [1.807, 2.05) is 24.3 Å². The van der Waals surface area contributed by atoms with Crippen LogP contribution in [-0.4, -0.2) is 40.9 Å². The van der Waals surface area contributed by atoms with Crippen LogP contribution in [0.15, 0.2) is 42.7 Å². The van der Waals surface area contributed by atoms with E-state index in [4.69, 9.17) is 9.47 Å². The highest BCUT2D eigenvalue weighted by Gasteiger charge is 2.18. The number of amides is 2. The molecule has 32 heavy (non-hydrogen) atoms. The summed E-state index contributed by atoms with van der Waals surface area (Å²) in [5.74, 6) is 1.19. The fourth-order valence-corrected chi connectivity index (χ4v) is 4.91. The number of benzene rings is 1. The number of nitrogens with one attached hydrogen (secondary N) is 2. The number of hydrogen-bond acceptors (Lipinski definition) is 6. The van der Waals surface area contributed by atoms with E-state index in [1.54, 1.807) is 18.5 Å². The monoisotopic (exact) mass is 452 g/mol. The molecule has 1 aliphatic carbocycles. The van der Waals surface area contributed by atoms with Crippen molar-refractivity contribution in [1.29, 1.82) is 0 Å². The highest BCUT2D eigenvalue weighted by molar-refractivity contribution is 7.17. The Morgan fingerprint density at radius 1 is 1.09 bits per heavy atom. The van der Waals surface area contributed by atoms with Crippen LogP contribution in [0.5, 0.6) is 11.5 Å². The molecule has 0 saturated heterocycles. The largest absolute Gasteiger partial charge is 0.486 e. The summed E-state index contributed by atoms with van der Waals surface area (Å²) in [7, 11) is 0. The molecule has 1 aliphatic heterocycles. The predicted molar refractivity (Wildman–Crippen MR) is 121 cm³/mol. The first-order chi connectivity index (χ1) is 15.6. The van der Waals surface area contributed by atoms with E-state index in [-0.39, 0.29) is 24.4 Å². The lowest BCUT2D eigenvalue weighted by Gasteiger charge is -2.18. The molecule has 0 spiro atoms. The molecule has 2 aliphatic rings. The Morgan fingerprint density at radius 3 is 2.75 bits per heavy atom. The number of rotatable bonds is 6. The quantitative estimate of drug-likeness (QED) is 0.595. The molecule has 0 unspecified atom stereocenters. The Kier molecular flexibility index (Phi) is 5.81. The number of fused-ring (bicyclic) bond motifs is 1. The Morgan fingerprint density at radius 2 is 1.91 bits per heavy atom. The maximum absolute atomic E-state index is 12.7. The Balaban J connectivity index is 1.20. The Bertz CT molecular complexity index is 1130. The first-order valence-corrected chi connectivity index (χ1v) is 11.6. The topological polar surface area (TPSA) is 94.5 Å². The highest BCUT2D eigenvalue weighted by atomic mass is 32.1. The van der Waals surface area contributed by atoms with E-state index in [1.165, 1.54) is 28.9 Å². The fourth-order valence-electron chi connectivity index (χ4n) is 4.01. The summed E-state index contributed by atoms with van der Waals surface area (Å²) >= 11 is 1.40. The van der Waals surface area contributed by atoms with Crippen LogP contribution in [0.4, 0.5) is 5.69 Å². The highest BCUT2D eigenvalue weighted by Crippen LogP contribution is 2.37. The summed E-state index contributed by atoms with van der Waals surface area (Å²) in [4.78, 5) is 26.4. The van der Waals surface area contributed by atoms with E-state index >= 15 is 0 Å². The molecule has 1 fully saturated rings. The lowest BCUT2D eigenvalue weighted by Crippen LogP contribution is -2.35. The molecule has 1 aromatic carbocycles. The van der Waals surface area contributed by atoms with Gasteiger partial charge in [-0.05, 0) is 48.7 Å². The van der Waals surface area contributed by atoms with Crippen molar-refractivity contribution in [3.63, 3.8) is 0 Å². The maximum atomic E-state index is 12.7. The average Bonchev–Trinajstić information content (AvgIpc) is 3.56. The third-order valence-electron chi connectivity index (χ3n) is 5.57. The van der Waals surface area contributed by atoms with Gasteiger partial charge in [0.1, 0.15) is 19.8 Å². The first kappa shape index (κ1) is 20.6. The van der Waals surface area contributed by atoms with Crippen molar-refractivity contribution in [2.24, 2.45) is 0 Å². The van der Waals surface area contributed by atoms with Crippen LogP contribution in [0.1, 0.15) is 35.4 Å². The Hall–Kier alpha value is -3.33. The van der Waals surface area contributed by atoms with Crippen molar-refractivity contribution in [3.05, 3.63) is 47.6 Å². The van der Waals surface area contributed by atoms with Gasteiger partial charge in [0.25, 0.3) is 5.91 Å². The van der Waals surface area contributed by atoms with E-state index in [9.17, 15) is 9.59 Å². The third-order valence-corrected chi connectivity index (χ3v) is 6.71. The first-order valence-electron chi connectivity index (χ1n) is 10.8. The number of carbonyl (C=O) groups excluding carboxylic acids is 2. The molecule has 2 aromatic heterocycles. The van der Waals surface area contributed by atoms with Crippen molar-refractivity contribution < 1.29 is 19.1 Å². The zero-order valence-corrected chi connectivity index (χ0v) is 18.3. The van der Waals surface area contributed by atoms with Crippen molar-refractivity contribution in [3.8, 4) is 21.9 Å². The zero-order chi connectivity index (χ0) is 21.9. The van der Waals surface area contributed by atoms with Crippen LogP contribution in [0.2, 0.25) is 0 Å². The zero-order valence-electron chi connectivity index (χ0n) is 17.5. The van der Waals surface area contributed by atoms with Gasteiger partial charge in [-0.1, -0.05) is 12.8 Å². The number of thiophene rings is 1. The average molecular weight is 453 g/mol. The second-order valence-corrected chi connectivity index (χ2v) is 9.04. The number of carbonyl (C=O) groups is 2. The molecule has 0 atom stereocenters. The molecule has 3 heterocycles. The molecule has 166 valence electrons. The minimum atomic E-state index is -0.214. The summed E-state index contributed by atoms with van der Waals surface area (Å²) < 4.78 is 12.7. The normalized spacial score (nSPS) is 15.5. The van der Waals surface area contributed by atoms with Gasteiger partial charge >= 0.3 is 0 Å². The van der Waals surface area contributed by atoms with Crippen LogP contribution in [0.25, 0.3) is 10.4 Å². The van der Waals surface area contributed by atoms with Gasteiger partial charge in [-0.2, -0.15) is 5.10 Å². The summed E-state index contributed by atoms with van der Waals surface area (Å²) in [6, 6.07) is 9.78. The van der Waals surface area contributed by atoms with E-state index in [0.717, 1.165) is 34.8 Å². The second-order valence-electron chi connectivity index (χ2n) is 7.95. The fraction of sp³-hybridized carbons (Fsp3) is 0.348. The minimum absolute atomic E-state index is 0.0554.